The van der Waals surface area contributed by atoms with E-state index in [2.05, 4.69) is 11.3 Å². The Bertz CT molecular complexity index is 179. The first-order chi connectivity index (χ1) is 5.40. The zero-order valence-electron chi connectivity index (χ0n) is 6.59. The van der Waals surface area contributed by atoms with Crippen molar-refractivity contribution in [2.24, 2.45) is 0 Å². The maximum absolute atomic E-state index is 12.4. The van der Waals surface area contributed by atoms with Crippen molar-refractivity contribution in [2.75, 3.05) is 6.61 Å². The Morgan fingerprint density at radius 2 is 2.33 bits per heavy atom. The van der Waals surface area contributed by atoms with E-state index in [0.717, 1.165) is 6.92 Å². The molecule has 70 valence electrons. The van der Waals surface area contributed by atoms with Crippen molar-refractivity contribution in [3.8, 4) is 0 Å². The number of aliphatic hydroxyl groups is 1. The molecule has 1 unspecified atom stereocenters. The van der Waals surface area contributed by atoms with Gasteiger partial charge in [-0.15, -0.1) is 0 Å². The van der Waals surface area contributed by atoms with Crippen LogP contribution in [0.4, 0.5) is 8.78 Å². The average molecular weight is 180 g/mol. The van der Waals surface area contributed by atoms with Gasteiger partial charge < -0.3 is 9.84 Å². The zero-order valence-corrected chi connectivity index (χ0v) is 6.59. The Morgan fingerprint density at radius 3 is 2.67 bits per heavy atom. The SMILES string of the molecule is C=CC(F)(F)C(O)COC(C)=O. The van der Waals surface area contributed by atoms with Crippen LogP contribution in [-0.4, -0.2) is 29.7 Å². The molecule has 0 spiro atoms. The third-order valence-corrected chi connectivity index (χ3v) is 1.16. The summed E-state index contributed by atoms with van der Waals surface area (Å²) in [6.45, 7) is 3.17. The highest BCUT2D eigenvalue weighted by molar-refractivity contribution is 5.65. The Kier molecular flexibility index (Phi) is 3.82. The van der Waals surface area contributed by atoms with Crippen molar-refractivity contribution < 1.29 is 23.4 Å². The number of carbonyl (C=O) groups is 1. The lowest BCUT2D eigenvalue weighted by molar-refractivity contribution is -0.151. The highest BCUT2D eigenvalue weighted by atomic mass is 19.3. The van der Waals surface area contributed by atoms with Gasteiger partial charge in [-0.1, -0.05) is 6.58 Å². The molecular weight excluding hydrogens is 170 g/mol. The summed E-state index contributed by atoms with van der Waals surface area (Å²) in [4.78, 5) is 10.2. The molecule has 0 bridgehead atoms. The fourth-order valence-electron chi connectivity index (χ4n) is 0.443. The summed E-state index contributed by atoms with van der Waals surface area (Å²) in [6, 6.07) is 0. The fourth-order valence-corrected chi connectivity index (χ4v) is 0.443. The van der Waals surface area contributed by atoms with Gasteiger partial charge in [0.1, 0.15) is 6.61 Å². The van der Waals surface area contributed by atoms with Crippen LogP contribution < -0.4 is 0 Å². The first-order valence-corrected chi connectivity index (χ1v) is 3.23. The first-order valence-electron chi connectivity index (χ1n) is 3.23. The second-order valence-corrected chi connectivity index (χ2v) is 2.20. The molecular formula is C7H10F2O3. The number of alkyl halides is 2. The molecule has 5 heteroatoms. The van der Waals surface area contributed by atoms with Gasteiger partial charge >= 0.3 is 5.97 Å². The topological polar surface area (TPSA) is 46.5 Å². The summed E-state index contributed by atoms with van der Waals surface area (Å²) < 4.78 is 29.0. The maximum Gasteiger partial charge on any atom is 0.302 e. The monoisotopic (exact) mass is 180 g/mol. The van der Waals surface area contributed by atoms with Gasteiger partial charge in [0.15, 0.2) is 6.10 Å². The van der Waals surface area contributed by atoms with E-state index in [1.165, 1.54) is 0 Å². The van der Waals surface area contributed by atoms with Gasteiger partial charge in [0, 0.05) is 6.92 Å². The van der Waals surface area contributed by atoms with Crippen molar-refractivity contribution in [3.05, 3.63) is 12.7 Å². The molecule has 3 nitrogen and oxygen atoms in total. The van der Waals surface area contributed by atoms with E-state index in [-0.39, 0.29) is 0 Å². The molecule has 0 rings (SSSR count). The molecule has 0 aliphatic rings. The van der Waals surface area contributed by atoms with E-state index in [4.69, 9.17) is 5.11 Å². The zero-order chi connectivity index (χ0) is 9.78. The lowest BCUT2D eigenvalue weighted by Gasteiger charge is -2.17. The number of carbonyl (C=O) groups excluding carboxylic acids is 1. The Hall–Kier alpha value is -0.970. The third-order valence-electron chi connectivity index (χ3n) is 1.16. The molecule has 0 heterocycles. The number of aliphatic hydroxyl groups excluding tert-OH is 1. The van der Waals surface area contributed by atoms with Crippen molar-refractivity contribution in [2.45, 2.75) is 19.0 Å². The Morgan fingerprint density at radius 1 is 1.83 bits per heavy atom. The molecule has 0 aliphatic carbocycles. The smallest absolute Gasteiger partial charge is 0.302 e. The number of hydrogen-bond donors (Lipinski definition) is 1. The van der Waals surface area contributed by atoms with Crippen molar-refractivity contribution in [1.29, 1.82) is 0 Å². The van der Waals surface area contributed by atoms with Gasteiger partial charge in [-0.25, -0.2) is 0 Å². The maximum atomic E-state index is 12.4. The lowest BCUT2D eigenvalue weighted by atomic mass is 10.2. The highest BCUT2D eigenvalue weighted by Gasteiger charge is 2.35. The molecule has 0 aromatic heterocycles. The molecule has 0 aliphatic heterocycles. The van der Waals surface area contributed by atoms with E-state index in [0.29, 0.717) is 6.08 Å². The average Bonchev–Trinajstić information content (AvgIpc) is 2.00. The molecule has 0 saturated heterocycles. The second kappa shape index (κ2) is 4.15. The van der Waals surface area contributed by atoms with Gasteiger partial charge in [0.2, 0.25) is 0 Å². The predicted octanol–water partition coefficient (Wildman–Crippen LogP) is 0.732. The van der Waals surface area contributed by atoms with Crippen LogP contribution in [0.25, 0.3) is 0 Å². The normalized spacial score (nSPS) is 13.7. The number of esters is 1. The largest absolute Gasteiger partial charge is 0.463 e. The van der Waals surface area contributed by atoms with Crippen molar-refractivity contribution in [3.63, 3.8) is 0 Å². The summed E-state index contributed by atoms with van der Waals surface area (Å²) in [7, 11) is 0. The number of rotatable bonds is 4. The van der Waals surface area contributed by atoms with E-state index >= 15 is 0 Å². The van der Waals surface area contributed by atoms with Crippen molar-refractivity contribution >= 4 is 5.97 Å². The molecule has 0 aromatic rings. The molecule has 0 fully saturated rings. The van der Waals surface area contributed by atoms with E-state index in [1.54, 1.807) is 0 Å². The molecule has 0 radical (unpaired) electrons. The van der Waals surface area contributed by atoms with Crippen LogP contribution in [0, 0.1) is 0 Å². The van der Waals surface area contributed by atoms with Crippen LogP contribution in [0.5, 0.6) is 0 Å². The van der Waals surface area contributed by atoms with Crippen LogP contribution in [0.2, 0.25) is 0 Å². The Balaban J connectivity index is 3.94. The van der Waals surface area contributed by atoms with Crippen LogP contribution >= 0.6 is 0 Å². The minimum Gasteiger partial charge on any atom is -0.463 e. The van der Waals surface area contributed by atoms with Crippen LogP contribution in [0.3, 0.4) is 0 Å². The molecule has 0 aromatic carbocycles. The molecule has 1 N–H and O–H groups in total. The summed E-state index contributed by atoms with van der Waals surface area (Å²) in [5.74, 6) is -4.14. The van der Waals surface area contributed by atoms with Gasteiger partial charge in [-0.2, -0.15) is 8.78 Å². The molecule has 0 saturated carbocycles. The van der Waals surface area contributed by atoms with Gasteiger partial charge in [-0.3, -0.25) is 4.79 Å². The lowest BCUT2D eigenvalue weighted by Crippen LogP contribution is -2.35. The Labute approximate surface area is 68.6 Å². The van der Waals surface area contributed by atoms with Gasteiger partial charge in [0.05, 0.1) is 0 Å². The quantitative estimate of drug-likeness (QED) is 0.512. The van der Waals surface area contributed by atoms with E-state index in [1.807, 2.05) is 0 Å². The molecule has 0 amide bonds. The molecule has 1 atom stereocenters. The summed E-state index contributed by atoms with van der Waals surface area (Å²) in [6.07, 6.45) is -1.72. The highest BCUT2D eigenvalue weighted by Crippen LogP contribution is 2.19. The predicted molar refractivity (Wildman–Crippen MR) is 37.8 cm³/mol. The standard InChI is InChI=1S/C7H10F2O3/c1-3-7(8,9)6(11)4-12-5(2)10/h3,6,11H,1,4H2,2H3. The number of halogens is 2. The van der Waals surface area contributed by atoms with Gasteiger partial charge in [-0.05, 0) is 6.08 Å². The van der Waals surface area contributed by atoms with Crippen LogP contribution in [-0.2, 0) is 9.53 Å². The summed E-state index contributed by atoms with van der Waals surface area (Å²) in [5.41, 5.74) is 0. The van der Waals surface area contributed by atoms with Crippen LogP contribution in [0.15, 0.2) is 12.7 Å². The fraction of sp³-hybridized carbons (Fsp3) is 0.571. The summed E-state index contributed by atoms with van der Waals surface area (Å²) in [5, 5.41) is 8.73. The van der Waals surface area contributed by atoms with E-state index in [9.17, 15) is 13.6 Å². The van der Waals surface area contributed by atoms with Crippen LogP contribution in [0.1, 0.15) is 6.92 Å². The second-order valence-electron chi connectivity index (χ2n) is 2.20. The minimum atomic E-state index is -3.42. The number of hydrogen-bond acceptors (Lipinski definition) is 3. The minimum absolute atomic E-state index is 0.307. The first kappa shape index (κ1) is 11.0. The van der Waals surface area contributed by atoms with E-state index < -0.39 is 24.6 Å². The third kappa shape index (κ3) is 3.43. The van der Waals surface area contributed by atoms with Gasteiger partial charge in [0.25, 0.3) is 5.92 Å². The molecule has 12 heavy (non-hydrogen) atoms. The van der Waals surface area contributed by atoms with Crippen molar-refractivity contribution in [1.82, 2.24) is 0 Å². The summed E-state index contributed by atoms with van der Waals surface area (Å²) >= 11 is 0. The number of ether oxygens (including phenoxy) is 1.